The van der Waals surface area contributed by atoms with Crippen molar-refractivity contribution in [2.24, 2.45) is 4.99 Å². The summed E-state index contributed by atoms with van der Waals surface area (Å²) >= 11 is 1.45. The minimum absolute atomic E-state index is 0.0621. The zero-order valence-electron chi connectivity index (χ0n) is 23.4. The van der Waals surface area contributed by atoms with E-state index < -0.39 is 6.36 Å². The molecule has 1 atom stereocenters. The summed E-state index contributed by atoms with van der Waals surface area (Å²) < 4.78 is 44.7. The highest BCUT2D eigenvalue weighted by Crippen LogP contribution is 2.26. The van der Waals surface area contributed by atoms with Crippen LogP contribution in [0, 0.1) is 20.8 Å². The summed E-state index contributed by atoms with van der Waals surface area (Å²) in [6.07, 6.45) is -3.01. The lowest BCUT2D eigenvalue weighted by molar-refractivity contribution is -0.274. The number of carbonyl (C=O) groups is 1. The van der Waals surface area contributed by atoms with Gasteiger partial charge in [0.05, 0.1) is 11.4 Å². The number of benzene rings is 3. The van der Waals surface area contributed by atoms with E-state index in [1.54, 1.807) is 0 Å². The van der Waals surface area contributed by atoms with Gasteiger partial charge < -0.3 is 4.74 Å². The first-order valence-electron chi connectivity index (χ1n) is 13.2. The maximum absolute atomic E-state index is 13.0. The monoisotopic (exact) mass is 591 g/mol. The lowest BCUT2D eigenvalue weighted by Crippen LogP contribution is -2.19. The number of para-hydroxylation sites is 1. The number of amides is 1. The van der Waals surface area contributed by atoms with Crippen LogP contribution in [0.5, 0.6) is 5.75 Å². The van der Waals surface area contributed by atoms with E-state index >= 15 is 0 Å². The molecule has 0 aliphatic carbocycles. The summed E-state index contributed by atoms with van der Waals surface area (Å²) in [5, 5.41) is 6.45. The van der Waals surface area contributed by atoms with Crippen molar-refractivity contribution in [3.05, 3.63) is 106 Å². The van der Waals surface area contributed by atoms with Gasteiger partial charge in [-0.15, -0.1) is 29.6 Å². The van der Waals surface area contributed by atoms with Gasteiger partial charge in [0.25, 0.3) is 0 Å². The molecule has 0 bridgehead atoms. The topological polar surface area (TPSA) is 74.3 Å². The molecule has 2 aromatic heterocycles. The Morgan fingerprint density at radius 3 is 2.31 bits per heavy atom. The number of ether oxygens (including phenoxy) is 1. The van der Waals surface area contributed by atoms with E-state index in [2.05, 4.69) is 45.8 Å². The Morgan fingerprint density at radius 2 is 1.67 bits per heavy atom. The summed E-state index contributed by atoms with van der Waals surface area (Å²) in [5.74, 6) is -0.109. The molecule has 216 valence electrons. The Kier molecular flexibility index (Phi) is 8.13. The molecule has 0 aliphatic heterocycles. The molecule has 2 heterocycles. The van der Waals surface area contributed by atoms with Gasteiger partial charge in [0.1, 0.15) is 12.1 Å². The first-order valence-corrected chi connectivity index (χ1v) is 14.1. The maximum Gasteiger partial charge on any atom is 0.573 e. The fourth-order valence-corrected chi connectivity index (χ4v) is 5.59. The van der Waals surface area contributed by atoms with Crippen LogP contribution in [0.25, 0.3) is 22.8 Å². The van der Waals surface area contributed by atoms with Crippen molar-refractivity contribution in [2.45, 2.75) is 46.4 Å². The Labute approximate surface area is 244 Å². The molecule has 0 N–H and O–H groups in total. The van der Waals surface area contributed by atoms with Crippen molar-refractivity contribution in [2.75, 3.05) is 0 Å². The fraction of sp³-hybridized carbons (Fsp3) is 0.226. The summed E-state index contributed by atoms with van der Waals surface area (Å²) in [5.41, 5.74) is 6.59. The van der Waals surface area contributed by atoms with Crippen LogP contribution in [0.15, 0.2) is 83.4 Å². The van der Waals surface area contributed by atoms with Crippen LogP contribution >= 0.6 is 11.3 Å². The van der Waals surface area contributed by atoms with Gasteiger partial charge in [-0.05, 0) is 67.6 Å². The lowest BCUT2D eigenvalue weighted by Gasteiger charge is -2.13. The molecule has 7 nitrogen and oxygen atoms in total. The van der Waals surface area contributed by atoms with Gasteiger partial charge in [0.2, 0.25) is 5.91 Å². The van der Waals surface area contributed by atoms with Crippen LogP contribution in [0.4, 0.5) is 13.2 Å². The molecule has 1 unspecified atom stereocenters. The van der Waals surface area contributed by atoms with Gasteiger partial charge in [-0.3, -0.25) is 9.36 Å². The van der Waals surface area contributed by atoms with E-state index in [9.17, 15) is 18.0 Å². The number of hydrogen-bond acceptors (Lipinski definition) is 5. The molecule has 11 heteroatoms. The molecule has 3 aromatic carbocycles. The number of aromatic nitrogens is 4. The molecule has 5 aromatic rings. The fourth-order valence-electron chi connectivity index (χ4n) is 4.71. The van der Waals surface area contributed by atoms with Gasteiger partial charge in [-0.25, -0.2) is 9.67 Å². The van der Waals surface area contributed by atoms with Crippen molar-refractivity contribution in [3.63, 3.8) is 0 Å². The normalized spacial score (nSPS) is 12.9. The summed E-state index contributed by atoms with van der Waals surface area (Å²) in [4.78, 5) is 22.5. The molecule has 0 saturated heterocycles. The molecule has 42 heavy (non-hydrogen) atoms. The second-order valence-corrected chi connectivity index (χ2v) is 10.9. The zero-order valence-corrected chi connectivity index (χ0v) is 24.2. The third-order valence-corrected chi connectivity index (χ3v) is 7.75. The molecule has 0 saturated carbocycles. The molecule has 0 fully saturated rings. The van der Waals surface area contributed by atoms with Crippen LogP contribution in [-0.2, 0) is 4.79 Å². The van der Waals surface area contributed by atoms with Gasteiger partial charge in [-0.1, -0.05) is 49.4 Å². The zero-order chi connectivity index (χ0) is 30.0. The predicted molar refractivity (Wildman–Crippen MR) is 155 cm³/mol. The van der Waals surface area contributed by atoms with Gasteiger partial charge >= 0.3 is 6.36 Å². The van der Waals surface area contributed by atoms with Crippen LogP contribution in [0.2, 0.25) is 0 Å². The Hall–Kier alpha value is -4.51. The molecular weight excluding hydrogens is 563 g/mol. The van der Waals surface area contributed by atoms with Crippen LogP contribution in [-0.4, -0.2) is 31.6 Å². The van der Waals surface area contributed by atoms with E-state index in [-0.39, 0.29) is 24.0 Å². The number of alkyl halides is 3. The number of nitrogens with zero attached hydrogens (tertiary/aromatic N) is 5. The minimum atomic E-state index is -4.75. The van der Waals surface area contributed by atoms with E-state index in [0.717, 1.165) is 33.6 Å². The van der Waals surface area contributed by atoms with Crippen molar-refractivity contribution in [3.8, 4) is 28.5 Å². The van der Waals surface area contributed by atoms with Gasteiger partial charge in [-0.2, -0.15) is 4.99 Å². The molecule has 1 amide bonds. The van der Waals surface area contributed by atoms with Crippen LogP contribution in [0.3, 0.4) is 0 Å². The summed E-state index contributed by atoms with van der Waals surface area (Å²) in [7, 11) is 0. The standard InChI is InChI=1S/C31H28F3N5O2S/c1-19-6-5-7-20(2)28(19)39-22(4)17-42-30(39)36-27(40)16-21(3)23-8-10-24(11-9-23)29-35-18-38(37-29)25-12-14-26(15-13-25)41-31(32,33)34/h5-15,17-18,21H,16H2,1-4H3. The smallest absolute Gasteiger partial charge is 0.406 e. The van der Waals surface area contributed by atoms with Gasteiger partial charge in [0, 0.05) is 23.1 Å². The average molecular weight is 592 g/mol. The van der Waals surface area contributed by atoms with Crippen molar-refractivity contribution in [1.82, 2.24) is 19.3 Å². The van der Waals surface area contributed by atoms with Crippen LogP contribution in [0.1, 0.15) is 41.6 Å². The van der Waals surface area contributed by atoms with Gasteiger partial charge in [0.15, 0.2) is 10.6 Å². The number of hydrogen-bond donors (Lipinski definition) is 0. The molecule has 5 rings (SSSR count). The van der Waals surface area contributed by atoms with Crippen molar-refractivity contribution >= 4 is 17.2 Å². The second-order valence-electron chi connectivity index (χ2n) is 10.0. The average Bonchev–Trinajstić information content (AvgIpc) is 3.56. The number of halogens is 3. The number of aryl methyl sites for hydroxylation is 3. The van der Waals surface area contributed by atoms with Crippen LogP contribution < -0.4 is 9.54 Å². The van der Waals surface area contributed by atoms with E-state index in [1.807, 2.05) is 54.1 Å². The predicted octanol–water partition coefficient (Wildman–Crippen LogP) is 7.23. The Morgan fingerprint density at radius 1 is 1.00 bits per heavy atom. The second kappa shape index (κ2) is 11.8. The first-order chi connectivity index (χ1) is 20.0. The Bertz CT molecular complexity index is 1760. The first kappa shape index (κ1) is 29.0. The Balaban J connectivity index is 1.28. The quantitative estimate of drug-likeness (QED) is 0.200. The largest absolute Gasteiger partial charge is 0.573 e. The van der Waals surface area contributed by atoms with Crippen molar-refractivity contribution < 1.29 is 22.7 Å². The molecule has 0 radical (unpaired) electrons. The summed E-state index contributed by atoms with van der Waals surface area (Å²) in [6.45, 7) is 8.11. The third-order valence-electron chi connectivity index (χ3n) is 6.81. The molecule has 0 aliphatic rings. The third kappa shape index (κ3) is 6.52. The highest BCUT2D eigenvalue weighted by atomic mass is 32.1. The minimum Gasteiger partial charge on any atom is -0.406 e. The lowest BCUT2D eigenvalue weighted by atomic mass is 9.96. The molecule has 0 spiro atoms. The van der Waals surface area contributed by atoms with E-state index in [4.69, 9.17) is 0 Å². The molecular formula is C31H28F3N5O2S. The van der Waals surface area contributed by atoms with Crippen molar-refractivity contribution in [1.29, 1.82) is 0 Å². The van der Waals surface area contributed by atoms with E-state index in [1.165, 1.54) is 46.6 Å². The summed E-state index contributed by atoms with van der Waals surface area (Å²) in [6, 6.07) is 19.1. The maximum atomic E-state index is 13.0. The number of thiazole rings is 1. The SMILES string of the molecule is Cc1cccc(C)c1-n1c(C)csc1=NC(=O)CC(C)c1ccc(-c2ncn(-c3ccc(OC(F)(F)F)cc3)n2)cc1. The van der Waals surface area contributed by atoms with E-state index in [0.29, 0.717) is 16.3 Å². The highest BCUT2D eigenvalue weighted by Gasteiger charge is 2.31. The number of rotatable bonds is 7. The number of carbonyl (C=O) groups excluding carboxylic acids is 1. The highest BCUT2D eigenvalue weighted by molar-refractivity contribution is 7.07.